The van der Waals surface area contributed by atoms with Gasteiger partial charge >= 0.3 is 0 Å². The summed E-state index contributed by atoms with van der Waals surface area (Å²) in [7, 11) is 0. The number of rotatable bonds is 3. The number of amides is 1. The fourth-order valence-corrected chi connectivity index (χ4v) is 2.29. The van der Waals surface area contributed by atoms with Crippen molar-refractivity contribution in [2.45, 2.75) is 39.0 Å². The van der Waals surface area contributed by atoms with Gasteiger partial charge in [-0.1, -0.05) is 12.1 Å². The number of morpholine rings is 1. The van der Waals surface area contributed by atoms with Crippen LogP contribution in [0.3, 0.4) is 0 Å². The van der Waals surface area contributed by atoms with Crippen LogP contribution in [0.5, 0.6) is 0 Å². The first kappa shape index (κ1) is 17.9. The van der Waals surface area contributed by atoms with E-state index in [1.54, 1.807) is 13.0 Å². The lowest BCUT2D eigenvalue weighted by Crippen LogP contribution is -2.55. The molecule has 0 aromatic heterocycles. The Morgan fingerprint density at radius 3 is 2.86 bits per heavy atom. The Bertz CT molecular complexity index is 499. The second-order valence-corrected chi connectivity index (χ2v) is 5.25. The van der Waals surface area contributed by atoms with E-state index >= 15 is 0 Å². The van der Waals surface area contributed by atoms with Gasteiger partial charge in [0.05, 0.1) is 18.8 Å². The molecule has 2 rings (SSSR count). The quantitative estimate of drug-likeness (QED) is 0.898. The minimum Gasteiger partial charge on any atom is -0.375 e. The number of carbonyl (C=O) groups excluding carboxylic acids is 1. The van der Waals surface area contributed by atoms with E-state index in [1.807, 2.05) is 19.9 Å². The van der Waals surface area contributed by atoms with Gasteiger partial charge in [0.2, 0.25) is 5.91 Å². The first-order valence-corrected chi connectivity index (χ1v) is 6.90. The van der Waals surface area contributed by atoms with Crippen molar-refractivity contribution in [1.29, 1.82) is 0 Å². The Labute approximate surface area is 130 Å². The number of nitrogens with one attached hydrogen (secondary N) is 2. The van der Waals surface area contributed by atoms with Gasteiger partial charge in [-0.3, -0.25) is 4.79 Å². The number of hydrogen-bond acceptors (Lipinski definition) is 3. The molecule has 0 radical (unpaired) electrons. The predicted octanol–water partition coefficient (Wildman–Crippen LogP) is 2.11. The van der Waals surface area contributed by atoms with Gasteiger partial charge in [-0.15, -0.1) is 12.4 Å². The third-order valence-electron chi connectivity index (χ3n) is 3.65. The first-order valence-electron chi connectivity index (χ1n) is 6.90. The van der Waals surface area contributed by atoms with E-state index in [4.69, 9.17) is 4.74 Å². The van der Waals surface area contributed by atoms with Gasteiger partial charge in [-0.05, 0) is 38.0 Å². The van der Waals surface area contributed by atoms with Crippen LogP contribution in [0.1, 0.15) is 31.0 Å². The smallest absolute Gasteiger partial charge is 0.240 e. The van der Waals surface area contributed by atoms with Crippen molar-refractivity contribution < 1.29 is 13.9 Å². The van der Waals surface area contributed by atoms with Crippen molar-refractivity contribution >= 4 is 18.3 Å². The van der Waals surface area contributed by atoms with Crippen molar-refractivity contribution in [1.82, 2.24) is 10.6 Å². The molecule has 0 bridgehead atoms. The largest absolute Gasteiger partial charge is 0.375 e. The molecule has 1 amide bonds. The Balaban J connectivity index is 0.00000220. The molecule has 1 heterocycles. The summed E-state index contributed by atoms with van der Waals surface area (Å²) in [5.74, 6) is -0.373. The van der Waals surface area contributed by atoms with E-state index in [0.29, 0.717) is 18.7 Å². The zero-order valence-electron chi connectivity index (χ0n) is 12.5. The van der Waals surface area contributed by atoms with E-state index in [-0.39, 0.29) is 42.3 Å². The molecule has 1 aromatic rings. The summed E-state index contributed by atoms with van der Waals surface area (Å²) in [6.07, 6.45) is -0.161. The molecule has 0 spiro atoms. The monoisotopic (exact) mass is 316 g/mol. The number of aryl methyl sites for hydroxylation is 1. The molecule has 1 unspecified atom stereocenters. The number of benzene rings is 1. The minimum atomic E-state index is -0.360. The van der Waals surface area contributed by atoms with Crippen molar-refractivity contribution in [3.05, 3.63) is 35.1 Å². The van der Waals surface area contributed by atoms with Crippen molar-refractivity contribution in [2.75, 3.05) is 13.2 Å². The third-order valence-corrected chi connectivity index (χ3v) is 3.65. The van der Waals surface area contributed by atoms with E-state index in [9.17, 15) is 9.18 Å². The number of halogens is 2. The van der Waals surface area contributed by atoms with E-state index in [1.165, 1.54) is 6.07 Å². The van der Waals surface area contributed by atoms with Crippen LogP contribution in [-0.4, -0.2) is 31.2 Å². The van der Waals surface area contributed by atoms with Gasteiger partial charge < -0.3 is 15.4 Å². The summed E-state index contributed by atoms with van der Waals surface area (Å²) in [5.41, 5.74) is 1.36. The lowest BCUT2D eigenvalue weighted by Gasteiger charge is -2.30. The average Bonchev–Trinajstić information content (AvgIpc) is 2.42. The topological polar surface area (TPSA) is 50.4 Å². The van der Waals surface area contributed by atoms with Gasteiger partial charge in [-0.2, -0.15) is 0 Å². The van der Waals surface area contributed by atoms with Gasteiger partial charge in [0.1, 0.15) is 11.9 Å². The van der Waals surface area contributed by atoms with Gasteiger partial charge in [0.25, 0.3) is 0 Å². The highest BCUT2D eigenvalue weighted by atomic mass is 35.5. The maximum Gasteiger partial charge on any atom is 0.240 e. The van der Waals surface area contributed by atoms with Crippen LogP contribution in [0.2, 0.25) is 0 Å². The molecule has 4 nitrogen and oxygen atoms in total. The Morgan fingerprint density at radius 1 is 1.52 bits per heavy atom. The molecule has 1 aliphatic rings. The molecule has 118 valence electrons. The van der Waals surface area contributed by atoms with Crippen molar-refractivity contribution in [3.63, 3.8) is 0 Å². The van der Waals surface area contributed by atoms with Gasteiger partial charge in [0, 0.05) is 6.54 Å². The number of ether oxygens (including phenoxy) is 1. The second-order valence-electron chi connectivity index (χ2n) is 5.25. The number of carbonyl (C=O) groups is 1. The summed E-state index contributed by atoms with van der Waals surface area (Å²) >= 11 is 0. The van der Waals surface area contributed by atoms with Crippen LogP contribution < -0.4 is 10.6 Å². The maximum atomic E-state index is 13.5. The van der Waals surface area contributed by atoms with E-state index in [0.717, 1.165) is 5.56 Å². The molecule has 21 heavy (non-hydrogen) atoms. The van der Waals surface area contributed by atoms with E-state index in [2.05, 4.69) is 10.6 Å². The zero-order valence-corrected chi connectivity index (χ0v) is 13.3. The molecule has 1 fully saturated rings. The molecule has 1 saturated heterocycles. The summed E-state index contributed by atoms with van der Waals surface area (Å²) in [4.78, 5) is 12.2. The highest BCUT2D eigenvalue weighted by Crippen LogP contribution is 2.17. The standard InChI is InChI=1S/C15H21FN2O2.ClH/c1-9-4-5-12(8-13(9)16)10(2)18-15(19)14-11(3)20-7-6-17-14;/h4-5,8,10-11,14,17H,6-7H2,1-3H3,(H,18,19);1H/t10?,11-,14+;/m1./s1. The molecule has 2 N–H and O–H groups in total. The Morgan fingerprint density at radius 2 is 2.24 bits per heavy atom. The first-order chi connectivity index (χ1) is 9.49. The molecule has 0 saturated carbocycles. The number of hydrogen-bond donors (Lipinski definition) is 2. The van der Waals surface area contributed by atoms with Crippen LogP contribution >= 0.6 is 12.4 Å². The molecule has 0 aliphatic carbocycles. The summed E-state index contributed by atoms with van der Waals surface area (Å²) < 4.78 is 19.0. The highest BCUT2D eigenvalue weighted by Gasteiger charge is 2.29. The third kappa shape index (κ3) is 4.40. The maximum absolute atomic E-state index is 13.5. The van der Waals surface area contributed by atoms with Gasteiger partial charge in [-0.25, -0.2) is 4.39 Å². The lowest BCUT2D eigenvalue weighted by atomic mass is 10.0. The average molecular weight is 317 g/mol. The fraction of sp³-hybridized carbons (Fsp3) is 0.533. The van der Waals surface area contributed by atoms with Crippen LogP contribution in [0, 0.1) is 12.7 Å². The van der Waals surface area contributed by atoms with Crippen LogP contribution in [0.4, 0.5) is 4.39 Å². The highest BCUT2D eigenvalue weighted by molar-refractivity contribution is 5.85. The van der Waals surface area contributed by atoms with Crippen molar-refractivity contribution in [2.24, 2.45) is 0 Å². The lowest BCUT2D eigenvalue weighted by molar-refractivity contribution is -0.129. The zero-order chi connectivity index (χ0) is 14.7. The van der Waals surface area contributed by atoms with E-state index < -0.39 is 0 Å². The molecule has 3 atom stereocenters. The van der Waals surface area contributed by atoms with Crippen LogP contribution in [0.15, 0.2) is 18.2 Å². The minimum absolute atomic E-state index is 0. The summed E-state index contributed by atoms with van der Waals surface area (Å²) in [6, 6.07) is 4.42. The second kappa shape index (κ2) is 7.73. The summed E-state index contributed by atoms with van der Waals surface area (Å²) in [5, 5.41) is 6.03. The normalized spacial score (nSPS) is 23.0. The molecular formula is C15H22ClFN2O2. The van der Waals surface area contributed by atoms with Crippen molar-refractivity contribution in [3.8, 4) is 0 Å². The summed E-state index contributed by atoms with van der Waals surface area (Å²) in [6.45, 7) is 6.70. The SMILES string of the molecule is Cc1ccc(C(C)NC(=O)[C@H]2NCCO[C@@H]2C)cc1F.Cl. The molecular weight excluding hydrogens is 295 g/mol. The fourth-order valence-electron chi connectivity index (χ4n) is 2.29. The molecule has 1 aromatic carbocycles. The Hall–Kier alpha value is -1.17. The van der Waals surface area contributed by atoms with Crippen LogP contribution in [0.25, 0.3) is 0 Å². The Kier molecular flexibility index (Phi) is 6.58. The molecule has 6 heteroatoms. The predicted molar refractivity (Wildman–Crippen MR) is 82.1 cm³/mol. The van der Waals surface area contributed by atoms with Crippen LogP contribution in [-0.2, 0) is 9.53 Å². The molecule has 1 aliphatic heterocycles. The van der Waals surface area contributed by atoms with Gasteiger partial charge in [0.15, 0.2) is 0 Å².